The third-order valence-electron chi connectivity index (χ3n) is 4.09. The maximum Gasteiger partial charge on any atom is 0.0616 e. The molecule has 1 heterocycles. The zero-order valence-electron chi connectivity index (χ0n) is 13.1. The third-order valence-corrected chi connectivity index (χ3v) is 4.09. The minimum Gasteiger partial charge on any atom is -0.378 e. The molecule has 3 atom stereocenters. The van der Waals surface area contributed by atoms with Gasteiger partial charge in [0.2, 0.25) is 0 Å². The van der Waals surface area contributed by atoms with E-state index < -0.39 is 0 Å². The first-order valence-corrected chi connectivity index (χ1v) is 7.83. The van der Waals surface area contributed by atoms with Crippen molar-refractivity contribution < 1.29 is 4.74 Å². The molecule has 0 aliphatic carbocycles. The van der Waals surface area contributed by atoms with Gasteiger partial charge in [0, 0.05) is 18.6 Å². The lowest BCUT2D eigenvalue weighted by Gasteiger charge is -2.29. The van der Waals surface area contributed by atoms with Crippen LogP contribution in [-0.4, -0.2) is 25.3 Å². The summed E-state index contributed by atoms with van der Waals surface area (Å²) in [7, 11) is 0. The molecule has 1 aliphatic heterocycles. The van der Waals surface area contributed by atoms with E-state index in [1.165, 1.54) is 25.7 Å². The molecule has 2 heteroatoms. The van der Waals surface area contributed by atoms with E-state index in [4.69, 9.17) is 4.74 Å². The predicted octanol–water partition coefficient (Wildman–Crippen LogP) is 4.00. The first-order chi connectivity index (χ1) is 8.48. The van der Waals surface area contributed by atoms with Crippen LogP contribution in [0, 0.1) is 11.3 Å². The maximum atomic E-state index is 5.85. The van der Waals surface area contributed by atoms with Crippen molar-refractivity contribution in [1.82, 2.24) is 5.32 Å². The number of hydrogen-bond acceptors (Lipinski definition) is 2. The van der Waals surface area contributed by atoms with Crippen LogP contribution < -0.4 is 5.32 Å². The minimum atomic E-state index is 0.465. The highest BCUT2D eigenvalue weighted by Crippen LogP contribution is 2.30. The van der Waals surface area contributed by atoms with Crippen molar-refractivity contribution in [2.45, 2.75) is 78.9 Å². The highest BCUT2D eigenvalue weighted by Gasteiger charge is 2.32. The van der Waals surface area contributed by atoms with Crippen molar-refractivity contribution in [2.75, 3.05) is 13.2 Å². The molecular formula is C16H33NO. The van der Waals surface area contributed by atoms with Crippen LogP contribution in [0.1, 0.15) is 66.7 Å². The first-order valence-electron chi connectivity index (χ1n) is 7.83. The Balaban J connectivity index is 2.43. The zero-order valence-corrected chi connectivity index (χ0v) is 13.1. The van der Waals surface area contributed by atoms with Crippen molar-refractivity contribution >= 4 is 0 Å². The quantitative estimate of drug-likeness (QED) is 0.742. The van der Waals surface area contributed by atoms with E-state index in [9.17, 15) is 0 Å². The van der Waals surface area contributed by atoms with Gasteiger partial charge in [0.25, 0.3) is 0 Å². The Morgan fingerprint density at radius 3 is 2.56 bits per heavy atom. The molecule has 0 aromatic rings. The van der Waals surface area contributed by atoms with Gasteiger partial charge in [-0.1, -0.05) is 41.0 Å². The summed E-state index contributed by atoms with van der Waals surface area (Å²) in [5.74, 6) is 0.731. The van der Waals surface area contributed by atoms with Gasteiger partial charge in [0.15, 0.2) is 0 Å². The van der Waals surface area contributed by atoms with E-state index in [0.29, 0.717) is 17.6 Å². The van der Waals surface area contributed by atoms with Gasteiger partial charge in [-0.05, 0) is 37.6 Å². The molecule has 0 amide bonds. The largest absolute Gasteiger partial charge is 0.378 e. The van der Waals surface area contributed by atoms with Crippen molar-refractivity contribution in [3.05, 3.63) is 0 Å². The summed E-state index contributed by atoms with van der Waals surface area (Å²) >= 11 is 0. The second-order valence-electron chi connectivity index (χ2n) is 6.89. The summed E-state index contributed by atoms with van der Waals surface area (Å²) in [5.41, 5.74) is 0.465. The van der Waals surface area contributed by atoms with Gasteiger partial charge >= 0.3 is 0 Å². The average molecular weight is 255 g/mol. The highest BCUT2D eigenvalue weighted by atomic mass is 16.5. The smallest absolute Gasteiger partial charge is 0.0616 e. The third kappa shape index (κ3) is 5.27. The van der Waals surface area contributed by atoms with Crippen LogP contribution in [0.5, 0.6) is 0 Å². The fraction of sp³-hybridized carbons (Fsp3) is 1.00. The number of ether oxygens (including phenoxy) is 1. The van der Waals surface area contributed by atoms with Crippen molar-refractivity contribution in [2.24, 2.45) is 11.3 Å². The van der Waals surface area contributed by atoms with E-state index in [2.05, 4.69) is 39.9 Å². The van der Waals surface area contributed by atoms with Crippen LogP contribution in [0.2, 0.25) is 0 Å². The second-order valence-corrected chi connectivity index (χ2v) is 6.89. The van der Waals surface area contributed by atoms with Gasteiger partial charge in [-0.2, -0.15) is 0 Å². The number of hydrogen-bond donors (Lipinski definition) is 1. The molecule has 1 rings (SSSR count). The molecule has 1 fully saturated rings. The van der Waals surface area contributed by atoms with E-state index in [0.717, 1.165) is 25.5 Å². The minimum absolute atomic E-state index is 0.465. The molecule has 0 aromatic heterocycles. The van der Waals surface area contributed by atoms with Gasteiger partial charge < -0.3 is 10.1 Å². The lowest BCUT2D eigenvalue weighted by Crippen LogP contribution is -2.40. The molecule has 108 valence electrons. The van der Waals surface area contributed by atoms with Crippen LogP contribution in [-0.2, 0) is 4.74 Å². The Kier molecular flexibility index (Phi) is 6.65. The molecule has 1 aliphatic rings. The SMILES string of the molecule is CCNC(CCCC(C)(C)C)C1CCOC1CC. The first kappa shape index (κ1) is 16.0. The standard InChI is InChI=1S/C16H33NO/c1-6-15-13(10-12-18-15)14(17-7-2)9-8-11-16(3,4)5/h13-15,17H,6-12H2,1-5H3. The maximum absolute atomic E-state index is 5.85. The molecule has 0 saturated carbocycles. The van der Waals surface area contributed by atoms with E-state index >= 15 is 0 Å². The number of rotatable bonds is 7. The lowest BCUT2D eigenvalue weighted by molar-refractivity contribution is 0.0760. The van der Waals surface area contributed by atoms with Gasteiger partial charge in [0.1, 0.15) is 0 Å². The summed E-state index contributed by atoms with van der Waals surface area (Å²) in [6.07, 6.45) is 6.84. The molecular weight excluding hydrogens is 222 g/mol. The Morgan fingerprint density at radius 1 is 1.28 bits per heavy atom. The zero-order chi connectivity index (χ0) is 13.6. The summed E-state index contributed by atoms with van der Waals surface area (Å²) in [6, 6.07) is 0.657. The molecule has 18 heavy (non-hydrogen) atoms. The molecule has 1 saturated heterocycles. The molecule has 0 aromatic carbocycles. The Morgan fingerprint density at radius 2 is 2.00 bits per heavy atom. The predicted molar refractivity (Wildman–Crippen MR) is 78.9 cm³/mol. The summed E-state index contributed by atoms with van der Waals surface area (Å²) in [5, 5.41) is 3.70. The monoisotopic (exact) mass is 255 g/mol. The fourth-order valence-electron chi connectivity index (χ4n) is 3.13. The highest BCUT2D eigenvalue weighted by molar-refractivity contribution is 4.86. The summed E-state index contributed by atoms with van der Waals surface area (Å²) < 4.78 is 5.85. The molecule has 0 spiro atoms. The fourth-order valence-corrected chi connectivity index (χ4v) is 3.13. The van der Waals surface area contributed by atoms with E-state index in [1.807, 2.05) is 0 Å². The van der Waals surface area contributed by atoms with Crippen LogP contribution in [0.3, 0.4) is 0 Å². The topological polar surface area (TPSA) is 21.3 Å². The van der Waals surface area contributed by atoms with Crippen molar-refractivity contribution in [1.29, 1.82) is 0 Å². The number of nitrogens with one attached hydrogen (secondary N) is 1. The Labute approximate surface area is 114 Å². The molecule has 0 radical (unpaired) electrons. The molecule has 3 unspecified atom stereocenters. The molecule has 2 nitrogen and oxygen atoms in total. The Bertz CT molecular complexity index is 222. The molecule has 0 bridgehead atoms. The second kappa shape index (κ2) is 7.49. The van der Waals surface area contributed by atoms with E-state index in [1.54, 1.807) is 0 Å². The summed E-state index contributed by atoms with van der Waals surface area (Å²) in [4.78, 5) is 0. The van der Waals surface area contributed by atoms with E-state index in [-0.39, 0.29) is 0 Å². The van der Waals surface area contributed by atoms with Gasteiger partial charge in [-0.25, -0.2) is 0 Å². The van der Waals surface area contributed by atoms with Crippen molar-refractivity contribution in [3.8, 4) is 0 Å². The lowest BCUT2D eigenvalue weighted by atomic mass is 9.84. The van der Waals surface area contributed by atoms with Crippen LogP contribution >= 0.6 is 0 Å². The average Bonchev–Trinajstić information content (AvgIpc) is 2.74. The van der Waals surface area contributed by atoms with Gasteiger partial charge in [0.05, 0.1) is 6.10 Å². The normalized spacial score (nSPS) is 26.5. The van der Waals surface area contributed by atoms with Gasteiger partial charge in [-0.3, -0.25) is 0 Å². The molecule has 1 N–H and O–H groups in total. The van der Waals surface area contributed by atoms with Crippen molar-refractivity contribution in [3.63, 3.8) is 0 Å². The summed E-state index contributed by atoms with van der Waals surface area (Å²) in [6.45, 7) is 13.5. The van der Waals surface area contributed by atoms with Crippen LogP contribution in [0.15, 0.2) is 0 Å². The van der Waals surface area contributed by atoms with Crippen LogP contribution in [0.25, 0.3) is 0 Å². The van der Waals surface area contributed by atoms with Gasteiger partial charge in [-0.15, -0.1) is 0 Å². The Hall–Kier alpha value is -0.0800. The van der Waals surface area contributed by atoms with Crippen LogP contribution in [0.4, 0.5) is 0 Å².